The number of fused-ring (bicyclic) bond motifs is 1. The van der Waals surface area contributed by atoms with Gasteiger partial charge in [-0.25, -0.2) is 27.2 Å². The van der Waals surface area contributed by atoms with Crippen molar-refractivity contribution in [2.45, 2.75) is 42.4 Å². The van der Waals surface area contributed by atoms with E-state index in [0.717, 1.165) is 6.92 Å². The van der Waals surface area contributed by atoms with Crippen molar-refractivity contribution in [2.24, 2.45) is 0 Å². The number of halogens is 2. The van der Waals surface area contributed by atoms with Crippen molar-refractivity contribution in [3.63, 3.8) is 0 Å². The first-order valence-electron chi connectivity index (χ1n) is 10.5. The Balaban J connectivity index is 1.34. The maximum Gasteiger partial charge on any atom is 0.257 e. The molecule has 4 heterocycles. The van der Waals surface area contributed by atoms with E-state index in [4.69, 9.17) is 0 Å². The summed E-state index contributed by atoms with van der Waals surface area (Å²) in [4.78, 5) is 26.3. The number of hydrogen-bond donors (Lipinski definition) is 1. The van der Waals surface area contributed by atoms with Gasteiger partial charge in [0.25, 0.3) is 11.8 Å². The molecule has 0 spiro atoms. The molecule has 1 aliphatic heterocycles. The number of hydrogen-bond acceptors (Lipinski definition) is 7. The highest BCUT2D eigenvalue weighted by atomic mass is 32.2. The Morgan fingerprint density at radius 1 is 1.18 bits per heavy atom. The summed E-state index contributed by atoms with van der Waals surface area (Å²) in [6.45, 7) is 1.23. The predicted molar refractivity (Wildman–Crippen MR) is 116 cm³/mol. The highest BCUT2D eigenvalue weighted by Crippen LogP contribution is 2.26. The first-order valence-corrected chi connectivity index (χ1v) is 12.0. The van der Waals surface area contributed by atoms with Gasteiger partial charge in [-0.1, -0.05) is 0 Å². The van der Waals surface area contributed by atoms with Crippen molar-refractivity contribution in [2.75, 3.05) is 19.6 Å². The van der Waals surface area contributed by atoms with Gasteiger partial charge in [0.1, 0.15) is 0 Å². The maximum absolute atomic E-state index is 13.2. The minimum atomic E-state index is -3.62. The molecule has 0 aromatic carbocycles. The summed E-state index contributed by atoms with van der Waals surface area (Å²) >= 11 is 0. The van der Waals surface area contributed by atoms with E-state index in [0.29, 0.717) is 43.0 Å². The zero-order valence-electron chi connectivity index (χ0n) is 18.0. The molecule has 0 unspecified atom stereocenters. The number of amides is 1. The van der Waals surface area contributed by atoms with E-state index >= 15 is 0 Å². The van der Waals surface area contributed by atoms with Crippen molar-refractivity contribution in [1.82, 2.24) is 29.6 Å². The molecule has 0 aliphatic carbocycles. The summed E-state index contributed by atoms with van der Waals surface area (Å²) < 4.78 is 53.9. The highest BCUT2D eigenvalue weighted by Gasteiger charge is 2.34. The highest BCUT2D eigenvalue weighted by molar-refractivity contribution is 7.92. The first-order chi connectivity index (χ1) is 15.6. The zero-order chi connectivity index (χ0) is 23.6. The average Bonchev–Trinajstić information content (AvgIpc) is 3.25. The molecule has 1 amide bonds. The lowest BCUT2D eigenvalue weighted by Crippen LogP contribution is -2.43. The molecule has 0 saturated carbocycles. The molecule has 0 radical (unpaired) electrons. The number of rotatable bonds is 7. The van der Waals surface area contributed by atoms with Gasteiger partial charge in [-0.2, -0.15) is 0 Å². The van der Waals surface area contributed by atoms with E-state index in [1.807, 2.05) is 0 Å². The van der Waals surface area contributed by atoms with Crippen LogP contribution in [0.15, 0.2) is 48.0 Å². The van der Waals surface area contributed by atoms with E-state index in [9.17, 15) is 22.0 Å². The fourth-order valence-electron chi connectivity index (χ4n) is 3.85. The van der Waals surface area contributed by atoms with Crippen molar-refractivity contribution < 1.29 is 22.0 Å². The van der Waals surface area contributed by atoms with Gasteiger partial charge in [-0.05, 0) is 38.1 Å². The number of nitrogens with zero attached hydrogens (tertiary/aromatic N) is 5. The number of carbonyl (C=O) groups excluding carboxylic acids is 1. The molecule has 12 heteroatoms. The SMILES string of the molecule is CC(F)(F)CN1CCC(S(=O)(=O)c2ccc(CNC(=O)c3cnc4nccn4c3)nc2)CC1. The van der Waals surface area contributed by atoms with Crippen molar-refractivity contribution in [1.29, 1.82) is 0 Å². The Hall–Kier alpha value is -2.99. The van der Waals surface area contributed by atoms with E-state index in [2.05, 4.69) is 20.3 Å². The molecule has 3 aromatic rings. The smallest absolute Gasteiger partial charge is 0.257 e. The van der Waals surface area contributed by atoms with Gasteiger partial charge >= 0.3 is 0 Å². The van der Waals surface area contributed by atoms with Crippen LogP contribution in [-0.4, -0.2) is 69.4 Å². The van der Waals surface area contributed by atoms with Crippen LogP contribution >= 0.6 is 0 Å². The monoisotopic (exact) mass is 478 g/mol. The Morgan fingerprint density at radius 2 is 1.94 bits per heavy atom. The molecule has 0 bridgehead atoms. The van der Waals surface area contributed by atoms with Crippen LogP contribution < -0.4 is 5.32 Å². The van der Waals surface area contributed by atoms with Gasteiger partial charge < -0.3 is 5.32 Å². The summed E-state index contributed by atoms with van der Waals surface area (Å²) in [5, 5.41) is 2.10. The second kappa shape index (κ2) is 9.10. The van der Waals surface area contributed by atoms with Crippen molar-refractivity contribution in [3.05, 3.63) is 54.4 Å². The molecule has 176 valence electrons. The first kappa shape index (κ1) is 23.2. The van der Waals surface area contributed by atoms with E-state index in [-0.39, 0.29) is 23.9 Å². The van der Waals surface area contributed by atoms with E-state index < -0.39 is 21.0 Å². The lowest BCUT2D eigenvalue weighted by molar-refractivity contribution is -0.0183. The Morgan fingerprint density at radius 3 is 2.61 bits per heavy atom. The molecule has 1 N–H and O–H groups in total. The topological polar surface area (TPSA) is 110 Å². The molecule has 4 rings (SSSR count). The van der Waals surface area contributed by atoms with Crippen LogP contribution in [0, 0.1) is 0 Å². The van der Waals surface area contributed by atoms with Crippen LogP contribution in [0.25, 0.3) is 5.78 Å². The van der Waals surface area contributed by atoms with Crippen LogP contribution in [0.4, 0.5) is 8.78 Å². The van der Waals surface area contributed by atoms with Gasteiger partial charge in [0.15, 0.2) is 9.84 Å². The average molecular weight is 479 g/mol. The van der Waals surface area contributed by atoms with Crippen LogP contribution in [0.1, 0.15) is 35.8 Å². The second-order valence-electron chi connectivity index (χ2n) is 8.24. The predicted octanol–water partition coefficient (Wildman–Crippen LogP) is 1.95. The molecule has 9 nitrogen and oxygen atoms in total. The number of imidazole rings is 1. The summed E-state index contributed by atoms with van der Waals surface area (Å²) in [7, 11) is -3.62. The minimum absolute atomic E-state index is 0.0895. The Labute approximate surface area is 189 Å². The van der Waals surface area contributed by atoms with Crippen LogP contribution in [0.3, 0.4) is 0 Å². The third kappa shape index (κ3) is 5.50. The van der Waals surface area contributed by atoms with Gasteiger partial charge in [0.2, 0.25) is 5.78 Å². The molecule has 33 heavy (non-hydrogen) atoms. The molecular weight excluding hydrogens is 454 g/mol. The number of carbonyl (C=O) groups is 1. The lowest BCUT2D eigenvalue weighted by atomic mass is 10.1. The molecule has 1 aliphatic rings. The van der Waals surface area contributed by atoms with Crippen LogP contribution in [-0.2, 0) is 16.4 Å². The molecule has 1 fully saturated rings. The number of piperidine rings is 1. The third-order valence-corrected chi connectivity index (χ3v) is 7.79. The Bertz CT molecular complexity index is 1230. The Kier molecular flexibility index (Phi) is 6.39. The van der Waals surface area contributed by atoms with Crippen LogP contribution in [0.5, 0.6) is 0 Å². The summed E-state index contributed by atoms with van der Waals surface area (Å²) in [5.41, 5.74) is 0.853. The van der Waals surface area contributed by atoms with Gasteiger partial charge in [-0.15, -0.1) is 0 Å². The molecular formula is C21H24F2N6O3S. The number of pyridine rings is 1. The summed E-state index contributed by atoms with van der Waals surface area (Å²) in [6, 6.07) is 3.02. The standard InChI is InChI=1S/C21H24F2N6O3S/c1-21(22,23)14-28-7-4-17(5-8-28)33(31,32)18-3-2-16(25-12-18)11-26-19(30)15-10-27-20-24-6-9-29(20)13-15/h2-3,6,9-10,12-13,17H,4-5,7-8,11,14H2,1H3,(H,26,30). The second-order valence-corrected chi connectivity index (χ2v) is 10.5. The number of sulfone groups is 1. The van der Waals surface area contributed by atoms with Gasteiger partial charge in [-0.3, -0.25) is 19.1 Å². The van der Waals surface area contributed by atoms with Crippen molar-refractivity contribution in [3.8, 4) is 0 Å². The van der Waals surface area contributed by atoms with E-state index in [1.165, 1.54) is 18.5 Å². The lowest BCUT2D eigenvalue weighted by Gasteiger charge is -2.33. The quantitative estimate of drug-likeness (QED) is 0.553. The fourth-order valence-corrected chi connectivity index (χ4v) is 5.53. The largest absolute Gasteiger partial charge is 0.346 e. The van der Waals surface area contributed by atoms with Gasteiger partial charge in [0, 0.05) is 37.9 Å². The molecule has 0 atom stereocenters. The number of nitrogens with one attached hydrogen (secondary N) is 1. The zero-order valence-corrected chi connectivity index (χ0v) is 18.8. The third-order valence-electron chi connectivity index (χ3n) is 5.54. The maximum atomic E-state index is 13.2. The van der Waals surface area contributed by atoms with E-state index in [1.54, 1.807) is 34.0 Å². The van der Waals surface area contributed by atoms with Crippen molar-refractivity contribution >= 4 is 21.5 Å². The van der Waals surface area contributed by atoms with Crippen LogP contribution in [0.2, 0.25) is 0 Å². The number of alkyl halides is 2. The molecule has 3 aromatic heterocycles. The van der Waals surface area contributed by atoms with Gasteiger partial charge in [0.05, 0.1) is 34.5 Å². The summed E-state index contributed by atoms with van der Waals surface area (Å²) in [6.07, 6.45) is 8.17. The normalized spacial score (nSPS) is 16.2. The fraction of sp³-hybridized carbons (Fsp3) is 0.429. The molecule has 1 saturated heterocycles. The number of likely N-dealkylation sites (tertiary alicyclic amines) is 1. The summed E-state index contributed by atoms with van der Waals surface area (Å²) in [5.74, 6) is -2.66. The number of aromatic nitrogens is 4. The minimum Gasteiger partial charge on any atom is -0.346 e.